The number of nitrogens with zero attached hydrogens (tertiary/aromatic N) is 4. The molecular formula is C21H32FIN6. The second-order valence-electron chi connectivity index (χ2n) is 7.27. The van der Waals surface area contributed by atoms with Crippen LogP contribution in [0.15, 0.2) is 35.6 Å². The Bertz CT molecular complexity index is 757. The monoisotopic (exact) mass is 514 g/mol. The fourth-order valence-electron chi connectivity index (χ4n) is 3.62. The molecule has 0 amide bonds. The van der Waals surface area contributed by atoms with Gasteiger partial charge < -0.3 is 15.2 Å². The molecule has 1 aromatic carbocycles. The van der Waals surface area contributed by atoms with Crippen molar-refractivity contribution in [3.8, 4) is 0 Å². The molecule has 0 radical (unpaired) electrons. The highest BCUT2D eigenvalue weighted by Crippen LogP contribution is 2.17. The van der Waals surface area contributed by atoms with Gasteiger partial charge in [0.25, 0.3) is 0 Å². The Morgan fingerprint density at radius 1 is 1.24 bits per heavy atom. The van der Waals surface area contributed by atoms with Crippen LogP contribution in [0.4, 0.5) is 4.39 Å². The first-order valence-electron chi connectivity index (χ1n) is 10.4. The van der Waals surface area contributed by atoms with Crippen LogP contribution in [0.2, 0.25) is 0 Å². The maximum atomic E-state index is 13.8. The van der Waals surface area contributed by atoms with E-state index >= 15 is 0 Å². The zero-order chi connectivity index (χ0) is 19.6. The number of guanidine groups is 1. The standard InChI is InChI=1S/C21H31FN6.HI/c1-2-20-27-25-16-28(20)15-14-24-21(26-18-9-4-3-5-10-18)23-13-12-17-8-6-7-11-19(17)22;/h6-8,11,16,18H,2-5,9-10,12-15H2,1H3,(H2,23,24,26);1H. The summed E-state index contributed by atoms with van der Waals surface area (Å²) < 4.78 is 15.9. The zero-order valence-corrected chi connectivity index (χ0v) is 19.4. The van der Waals surface area contributed by atoms with Crippen LogP contribution < -0.4 is 10.6 Å². The van der Waals surface area contributed by atoms with Crippen molar-refractivity contribution >= 4 is 29.9 Å². The molecule has 160 valence electrons. The number of rotatable bonds is 8. The number of benzene rings is 1. The molecule has 1 heterocycles. The van der Waals surface area contributed by atoms with E-state index in [0.29, 0.717) is 24.6 Å². The van der Waals surface area contributed by atoms with Gasteiger partial charge in [-0.1, -0.05) is 44.4 Å². The third-order valence-electron chi connectivity index (χ3n) is 5.21. The van der Waals surface area contributed by atoms with Gasteiger partial charge in [0, 0.05) is 32.1 Å². The molecule has 2 N–H and O–H groups in total. The maximum Gasteiger partial charge on any atom is 0.191 e. The lowest BCUT2D eigenvalue weighted by molar-refractivity contribution is 0.409. The third kappa shape index (κ3) is 7.56. The zero-order valence-electron chi connectivity index (χ0n) is 17.1. The molecule has 3 rings (SSSR count). The van der Waals surface area contributed by atoms with Gasteiger partial charge in [0.05, 0.1) is 0 Å². The summed E-state index contributed by atoms with van der Waals surface area (Å²) >= 11 is 0. The number of aliphatic imine (C=N–C) groups is 1. The van der Waals surface area contributed by atoms with E-state index in [2.05, 4.69) is 32.3 Å². The number of aromatic nitrogens is 3. The fourth-order valence-corrected chi connectivity index (χ4v) is 3.62. The van der Waals surface area contributed by atoms with E-state index in [0.717, 1.165) is 31.3 Å². The van der Waals surface area contributed by atoms with Gasteiger partial charge in [0.1, 0.15) is 18.0 Å². The van der Waals surface area contributed by atoms with Gasteiger partial charge in [-0.25, -0.2) is 4.39 Å². The third-order valence-corrected chi connectivity index (χ3v) is 5.21. The van der Waals surface area contributed by atoms with Crippen LogP contribution in [0.5, 0.6) is 0 Å². The van der Waals surface area contributed by atoms with Crippen molar-refractivity contribution in [3.05, 3.63) is 47.8 Å². The van der Waals surface area contributed by atoms with Gasteiger partial charge in [0.15, 0.2) is 5.96 Å². The first kappa shape index (κ1) is 23.6. The molecule has 6 nitrogen and oxygen atoms in total. The average Bonchev–Trinajstić information content (AvgIpc) is 3.17. The summed E-state index contributed by atoms with van der Waals surface area (Å²) in [7, 11) is 0. The molecule has 0 atom stereocenters. The van der Waals surface area contributed by atoms with Crippen molar-refractivity contribution in [2.75, 3.05) is 13.1 Å². The summed E-state index contributed by atoms with van der Waals surface area (Å²) in [6.07, 6.45) is 9.43. The summed E-state index contributed by atoms with van der Waals surface area (Å²) in [4.78, 5) is 4.70. The number of aryl methyl sites for hydroxylation is 1. The largest absolute Gasteiger partial charge is 0.355 e. The van der Waals surface area contributed by atoms with Gasteiger partial charge in [-0.3, -0.25) is 4.99 Å². The predicted molar refractivity (Wildman–Crippen MR) is 125 cm³/mol. The summed E-state index contributed by atoms with van der Waals surface area (Å²) in [6.45, 7) is 4.15. The number of halogens is 2. The molecule has 0 spiro atoms. The Labute approximate surface area is 189 Å². The van der Waals surface area contributed by atoms with Gasteiger partial charge in [-0.15, -0.1) is 34.2 Å². The van der Waals surface area contributed by atoms with Crippen molar-refractivity contribution in [1.82, 2.24) is 25.4 Å². The summed E-state index contributed by atoms with van der Waals surface area (Å²) in [5.41, 5.74) is 0.709. The van der Waals surface area contributed by atoms with Crippen molar-refractivity contribution < 1.29 is 4.39 Å². The van der Waals surface area contributed by atoms with Crippen molar-refractivity contribution in [3.63, 3.8) is 0 Å². The van der Waals surface area contributed by atoms with E-state index in [1.54, 1.807) is 12.4 Å². The second kappa shape index (κ2) is 12.8. The number of hydrogen-bond acceptors (Lipinski definition) is 3. The molecule has 1 saturated carbocycles. The molecule has 1 aromatic heterocycles. The van der Waals surface area contributed by atoms with Crippen molar-refractivity contribution in [2.24, 2.45) is 4.99 Å². The van der Waals surface area contributed by atoms with Crippen LogP contribution in [0.1, 0.15) is 50.4 Å². The lowest BCUT2D eigenvalue weighted by Gasteiger charge is -2.25. The molecule has 8 heteroatoms. The Kier molecular flexibility index (Phi) is 10.4. The summed E-state index contributed by atoms with van der Waals surface area (Å²) in [6, 6.07) is 7.38. The smallest absolute Gasteiger partial charge is 0.191 e. The molecular weight excluding hydrogens is 482 g/mol. The fraction of sp³-hybridized carbons (Fsp3) is 0.571. The Morgan fingerprint density at radius 3 is 2.79 bits per heavy atom. The van der Waals surface area contributed by atoms with Gasteiger partial charge >= 0.3 is 0 Å². The van der Waals surface area contributed by atoms with Crippen LogP contribution in [0, 0.1) is 5.82 Å². The van der Waals surface area contributed by atoms with Gasteiger partial charge in [0.2, 0.25) is 0 Å². The highest BCUT2D eigenvalue weighted by Gasteiger charge is 2.14. The molecule has 0 aliphatic heterocycles. The average molecular weight is 514 g/mol. The lowest BCUT2D eigenvalue weighted by atomic mass is 9.96. The van der Waals surface area contributed by atoms with Crippen LogP contribution in [-0.2, 0) is 19.4 Å². The minimum Gasteiger partial charge on any atom is -0.355 e. The summed E-state index contributed by atoms with van der Waals surface area (Å²) in [5.74, 6) is 1.64. The number of hydrogen-bond donors (Lipinski definition) is 2. The molecule has 2 aromatic rings. The first-order valence-corrected chi connectivity index (χ1v) is 10.4. The quantitative estimate of drug-likeness (QED) is 0.320. The van der Waals surface area contributed by atoms with Crippen LogP contribution in [-0.4, -0.2) is 39.9 Å². The van der Waals surface area contributed by atoms with Gasteiger partial charge in [-0.05, 0) is 30.9 Å². The molecule has 1 aliphatic rings. The molecule has 0 saturated heterocycles. The Morgan fingerprint density at radius 2 is 2.03 bits per heavy atom. The van der Waals surface area contributed by atoms with Crippen molar-refractivity contribution in [1.29, 1.82) is 0 Å². The van der Waals surface area contributed by atoms with E-state index in [9.17, 15) is 4.39 Å². The maximum absolute atomic E-state index is 13.8. The van der Waals surface area contributed by atoms with E-state index in [-0.39, 0.29) is 29.8 Å². The number of nitrogens with one attached hydrogen (secondary N) is 2. The Balaban J connectivity index is 0.00000300. The minimum absolute atomic E-state index is 0. The van der Waals surface area contributed by atoms with Crippen LogP contribution in [0.3, 0.4) is 0 Å². The topological polar surface area (TPSA) is 67.1 Å². The molecule has 1 aliphatic carbocycles. The normalized spacial score (nSPS) is 15.0. The highest BCUT2D eigenvalue weighted by molar-refractivity contribution is 14.0. The van der Waals surface area contributed by atoms with Gasteiger partial charge in [-0.2, -0.15) is 0 Å². The molecule has 0 bridgehead atoms. The SMILES string of the molecule is CCc1nncn1CCNC(=NCCc1ccccc1F)NC1CCCCC1.I. The lowest BCUT2D eigenvalue weighted by Crippen LogP contribution is -2.45. The second-order valence-corrected chi connectivity index (χ2v) is 7.27. The Hall–Kier alpha value is -1.71. The first-order chi connectivity index (χ1) is 13.8. The van der Waals surface area contributed by atoms with Crippen LogP contribution in [0.25, 0.3) is 0 Å². The minimum atomic E-state index is -0.160. The van der Waals surface area contributed by atoms with E-state index < -0.39 is 0 Å². The van der Waals surface area contributed by atoms with E-state index in [1.807, 2.05) is 12.1 Å². The molecule has 1 fully saturated rings. The predicted octanol–water partition coefficient (Wildman–Crippen LogP) is 3.71. The molecule has 0 unspecified atom stereocenters. The van der Waals surface area contributed by atoms with Crippen LogP contribution >= 0.6 is 24.0 Å². The van der Waals surface area contributed by atoms with Crippen molar-refractivity contribution in [2.45, 2.75) is 64.5 Å². The highest BCUT2D eigenvalue weighted by atomic mass is 127. The summed E-state index contributed by atoms with van der Waals surface area (Å²) in [5, 5.41) is 15.1. The van der Waals surface area contributed by atoms with E-state index in [4.69, 9.17) is 4.99 Å². The van der Waals surface area contributed by atoms with E-state index in [1.165, 1.54) is 38.2 Å². The molecule has 29 heavy (non-hydrogen) atoms.